The van der Waals surface area contributed by atoms with Crippen LogP contribution in [0.4, 0.5) is 0 Å². The zero-order valence-electron chi connectivity index (χ0n) is 13.1. The van der Waals surface area contributed by atoms with Crippen LogP contribution in [0.5, 0.6) is 5.75 Å². The van der Waals surface area contributed by atoms with E-state index in [1.54, 1.807) is 12.1 Å². The van der Waals surface area contributed by atoms with Crippen molar-refractivity contribution in [2.24, 2.45) is 0 Å². The molecule has 6 nitrogen and oxygen atoms in total. The van der Waals surface area contributed by atoms with Crippen LogP contribution in [0.15, 0.2) is 46.2 Å². The number of hydrogen-bond acceptors (Lipinski definition) is 5. The van der Waals surface area contributed by atoms with Gasteiger partial charge in [0.15, 0.2) is 5.75 Å². The van der Waals surface area contributed by atoms with Gasteiger partial charge in [-0.1, -0.05) is 24.6 Å². The van der Waals surface area contributed by atoms with E-state index in [2.05, 4.69) is 5.32 Å². The van der Waals surface area contributed by atoms with Crippen LogP contribution in [-0.2, 0) is 16.6 Å². The highest BCUT2D eigenvalue weighted by Crippen LogP contribution is 2.16. The minimum atomic E-state index is -4.03. The number of nitrogens with zero attached hydrogens (tertiary/aromatic N) is 1. The van der Waals surface area contributed by atoms with Gasteiger partial charge in [0.2, 0.25) is 0 Å². The summed E-state index contributed by atoms with van der Waals surface area (Å²) >= 11 is 0. The molecule has 0 radical (unpaired) electrons. The molecule has 0 spiro atoms. The third-order valence-electron chi connectivity index (χ3n) is 3.44. The Kier molecular flexibility index (Phi) is 5.23. The van der Waals surface area contributed by atoms with Gasteiger partial charge in [-0.2, -0.15) is 0 Å². The highest BCUT2D eigenvalue weighted by molar-refractivity contribution is 7.90. The van der Waals surface area contributed by atoms with Gasteiger partial charge in [0, 0.05) is 18.3 Å². The Morgan fingerprint density at radius 2 is 1.83 bits per heavy atom. The Hall–Kier alpha value is -2.12. The Morgan fingerprint density at radius 1 is 1.17 bits per heavy atom. The Morgan fingerprint density at radius 3 is 2.43 bits per heavy atom. The molecule has 124 valence electrons. The molecular weight excluding hydrogens is 316 g/mol. The summed E-state index contributed by atoms with van der Waals surface area (Å²) in [5, 5.41) is 13.1. The lowest BCUT2D eigenvalue weighted by Crippen LogP contribution is -2.28. The summed E-state index contributed by atoms with van der Waals surface area (Å²) in [5.41, 5.74) is 0.344. The summed E-state index contributed by atoms with van der Waals surface area (Å²) in [6.45, 7) is 4.88. The van der Waals surface area contributed by atoms with Gasteiger partial charge in [0.1, 0.15) is 0 Å². The van der Waals surface area contributed by atoms with Crippen molar-refractivity contribution >= 4 is 10.0 Å². The first-order valence-corrected chi connectivity index (χ1v) is 8.78. The first kappa shape index (κ1) is 17.2. The molecule has 0 saturated carbocycles. The topological polar surface area (TPSA) is 88.4 Å². The van der Waals surface area contributed by atoms with E-state index in [1.807, 2.05) is 13.8 Å². The van der Waals surface area contributed by atoms with E-state index in [1.165, 1.54) is 24.4 Å². The second-order valence-corrected chi connectivity index (χ2v) is 7.10. The van der Waals surface area contributed by atoms with Gasteiger partial charge >= 0.3 is 5.56 Å². The molecule has 23 heavy (non-hydrogen) atoms. The van der Waals surface area contributed by atoms with E-state index in [0.717, 1.165) is 18.5 Å². The summed E-state index contributed by atoms with van der Waals surface area (Å²) in [6, 6.07) is 7.61. The molecular formula is C16H20N2O4S. The Bertz CT molecular complexity index is 839. The predicted molar refractivity (Wildman–Crippen MR) is 88.1 cm³/mol. The molecule has 0 fully saturated rings. The Balaban J connectivity index is 2.42. The van der Waals surface area contributed by atoms with Gasteiger partial charge in [-0.05, 0) is 38.1 Å². The van der Waals surface area contributed by atoms with E-state index in [4.69, 9.17) is 0 Å². The lowest BCUT2D eigenvalue weighted by molar-refractivity contribution is 0.453. The number of aromatic nitrogens is 1. The number of pyridine rings is 1. The maximum absolute atomic E-state index is 12.5. The van der Waals surface area contributed by atoms with Crippen molar-refractivity contribution in [1.29, 1.82) is 0 Å². The molecule has 0 atom stereocenters. The van der Waals surface area contributed by atoms with E-state index < -0.39 is 21.3 Å². The first-order chi connectivity index (χ1) is 10.9. The average molecular weight is 336 g/mol. The lowest BCUT2D eigenvalue weighted by Gasteiger charge is -2.11. The largest absolute Gasteiger partial charge is 0.503 e. The van der Waals surface area contributed by atoms with Crippen molar-refractivity contribution in [2.75, 3.05) is 6.54 Å². The van der Waals surface area contributed by atoms with E-state index in [9.17, 15) is 18.3 Å². The van der Waals surface area contributed by atoms with Crippen LogP contribution in [-0.4, -0.2) is 24.0 Å². The van der Waals surface area contributed by atoms with Crippen molar-refractivity contribution in [3.8, 4) is 5.75 Å². The van der Waals surface area contributed by atoms with Gasteiger partial charge in [-0.3, -0.25) is 4.79 Å². The van der Waals surface area contributed by atoms with Crippen molar-refractivity contribution in [3.05, 3.63) is 58.0 Å². The summed E-state index contributed by atoms with van der Waals surface area (Å²) in [7, 11) is -4.03. The van der Waals surface area contributed by atoms with Crippen molar-refractivity contribution in [3.63, 3.8) is 0 Å². The fraction of sp³-hybridized carbons (Fsp3) is 0.312. The number of nitrogens with one attached hydrogen (secondary N) is 1. The third-order valence-corrected chi connectivity index (χ3v) is 5.11. The molecule has 1 aromatic carbocycles. The normalized spacial score (nSPS) is 11.6. The predicted octanol–water partition coefficient (Wildman–Crippen LogP) is 1.60. The molecule has 2 N–H and O–H groups in total. The van der Waals surface area contributed by atoms with Crippen LogP contribution in [0.1, 0.15) is 24.5 Å². The zero-order chi connectivity index (χ0) is 17.0. The molecule has 0 amide bonds. The van der Waals surface area contributed by atoms with Crippen molar-refractivity contribution in [2.45, 2.75) is 31.7 Å². The van der Waals surface area contributed by atoms with Gasteiger partial charge in [-0.15, -0.1) is 0 Å². The number of benzene rings is 1. The molecule has 7 heteroatoms. The minimum Gasteiger partial charge on any atom is -0.503 e. The van der Waals surface area contributed by atoms with Crippen LogP contribution < -0.4 is 10.9 Å². The van der Waals surface area contributed by atoms with Gasteiger partial charge < -0.3 is 10.4 Å². The fourth-order valence-corrected chi connectivity index (χ4v) is 3.33. The second kappa shape index (κ2) is 6.97. The molecule has 0 bridgehead atoms. The molecule has 0 aliphatic carbocycles. The molecule has 1 aromatic heterocycles. The monoisotopic (exact) mass is 336 g/mol. The maximum Gasteiger partial charge on any atom is 0.306 e. The zero-order valence-corrected chi connectivity index (χ0v) is 13.9. The maximum atomic E-state index is 12.5. The summed E-state index contributed by atoms with van der Waals surface area (Å²) in [4.78, 5) is 12.2. The first-order valence-electron chi connectivity index (χ1n) is 7.34. The molecule has 0 aliphatic heterocycles. The number of aromatic hydroxyl groups is 1. The average Bonchev–Trinajstić information content (AvgIpc) is 2.52. The van der Waals surface area contributed by atoms with Gasteiger partial charge in [0.25, 0.3) is 10.0 Å². The molecule has 2 aromatic rings. The third kappa shape index (κ3) is 3.62. The summed E-state index contributed by atoms with van der Waals surface area (Å²) in [5.74, 6) is -0.549. The highest BCUT2D eigenvalue weighted by Gasteiger charge is 2.21. The smallest absolute Gasteiger partial charge is 0.306 e. The fourth-order valence-electron chi connectivity index (χ4n) is 2.10. The molecule has 0 aliphatic rings. The number of hydrogen-bond donors (Lipinski definition) is 2. The SMILES string of the molecule is CCCNCc1ccn(S(=O)(=O)c2ccc(C)cc2)c(=O)c1O. The van der Waals surface area contributed by atoms with E-state index >= 15 is 0 Å². The van der Waals surface area contributed by atoms with Crippen LogP contribution in [0, 0.1) is 6.92 Å². The highest BCUT2D eigenvalue weighted by atomic mass is 32.2. The van der Waals surface area contributed by atoms with Crippen molar-refractivity contribution in [1.82, 2.24) is 9.29 Å². The van der Waals surface area contributed by atoms with Crippen LogP contribution in [0.2, 0.25) is 0 Å². The Labute approximate surface area is 135 Å². The van der Waals surface area contributed by atoms with Gasteiger partial charge in [0.05, 0.1) is 4.90 Å². The van der Waals surface area contributed by atoms with Crippen LogP contribution >= 0.6 is 0 Å². The van der Waals surface area contributed by atoms with E-state index in [0.29, 0.717) is 16.1 Å². The minimum absolute atomic E-state index is 0.00135. The standard InChI is InChI=1S/C16H20N2O4S/c1-3-9-17-11-13-8-10-18(16(20)15(13)19)23(21,22)14-6-4-12(2)5-7-14/h4-8,10,17,19H,3,9,11H2,1-2H3. The summed E-state index contributed by atoms with van der Waals surface area (Å²) in [6.07, 6.45) is 2.10. The van der Waals surface area contributed by atoms with Crippen LogP contribution in [0.3, 0.4) is 0 Å². The molecule has 0 saturated heterocycles. The lowest BCUT2D eigenvalue weighted by atomic mass is 10.2. The summed E-state index contributed by atoms with van der Waals surface area (Å²) < 4.78 is 25.6. The van der Waals surface area contributed by atoms with E-state index in [-0.39, 0.29) is 4.90 Å². The van der Waals surface area contributed by atoms with Crippen molar-refractivity contribution < 1.29 is 13.5 Å². The quantitative estimate of drug-likeness (QED) is 0.782. The van der Waals surface area contributed by atoms with Gasteiger partial charge in [-0.25, -0.2) is 12.4 Å². The van der Waals surface area contributed by atoms with Crippen LogP contribution in [0.25, 0.3) is 0 Å². The number of aryl methyl sites for hydroxylation is 1. The molecule has 2 rings (SSSR count). The number of rotatable bonds is 6. The molecule has 0 unspecified atom stereocenters. The second-order valence-electron chi connectivity index (χ2n) is 5.29. The molecule has 1 heterocycles.